The van der Waals surface area contributed by atoms with Crippen molar-refractivity contribution in [2.75, 3.05) is 13.1 Å². The fourth-order valence-corrected chi connectivity index (χ4v) is 4.05. The van der Waals surface area contributed by atoms with Gasteiger partial charge in [0.15, 0.2) is 0 Å². The molecule has 1 atom stereocenters. The van der Waals surface area contributed by atoms with Gasteiger partial charge in [-0.05, 0) is 50.3 Å². The van der Waals surface area contributed by atoms with Crippen molar-refractivity contribution in [3.05, 3.63) is 54.1 Å². The van der Waals surface area contributed by atoms with Crippen LogP contribution in [-0.2, 0) is 22.7 Å². The van der Waals surface area contributed by atoms with Crippen molar-refractivity contribution in [1.29, 1.82) is 0 Å². The smallest absolute Gasteiger partial charge is 0.244 e. The van der Waals surface area contributed by atoms with Crippen LogP contribution in [0.5, 0.6) is 0 Å². The summed E-state index contributed by atoms with van der Waals surface area (Å²) in [5, 5.41) is 8.43. The second kappa shape index (κ2) is 9.15. The molecule has 7 nitrogen and oxygen atoms in total. The van der Waals surface area contributed by atoms with E-state index in [1.165, 1.54) is 0 Å². The minimum atomic E-state index is 0.0238. The van der Waals surface area contributed by atoms with Crippen LogP contribution in [0.25, 0.3) is 10.9 Å². The number of piperidine rings is 1. The predicted octanol–water partition coefficient (Wildman–Crippen LogP) is 3.27. The lowest BCUT2D eigenvalue weighted by Gasteiger charge is -2.32. The Morgan fingerprint density at radius 2 is 2.10 bits per heavy atom. The Hall–Kier alpha value is -3.09. The monoisotopic (exact) mass is 408 g/mol. The van der Waals surface area contributed by atoms with Gasteiger partial charge in [-0.1, -0.05) is 18.2 Å². The highest BCUT2D eigenvalue weighted by molar-refractivity contribution is 5.80. The number of aryl methyl sites for hydroxylation is 1. The molecule has 158 valence electrons. The van der Waals surface area contributed by atoms with Crippen LogP contribution >= 0.6 is 0 Å². The van der Waals surface area contributed by atoms with Gasteiger partial charge < -0.3 is 14.6 Å². The second-order valence-corrected chi connectivity index (χ2v) is 8.06. The number of carbonyl (C=O) groups is 2. The summed E-state index contributed by atoms with van der Waals surface area (Å²) in [7, 11) is 0. The Bertz CT molecular complexity index is 989. The molecule has 1 fully saturated rings. The third-order valence-corrected chi connectivity index (χ3v) is 5.67. The SMILES string of the molecule is Cc1ccc(CNC(=O)CC[C@H]2CCCN(C(=O)Cn3cc4ccccc4n3)C2)o1. The quantitative estimate of drug-likeness (QED) is 0.651. The van der Waals surface area contributed by atoms with Gasteiger partial charge in [0.1, 0.15) is 18.1 Å². The lowest BCUT2D eigenvalue weighted by Crippen LogP contribution is -2.41. The number of hydrogen-bond donors (Lipinski definition) is 1. The van der Waals surface area contributed by atoms with Gasteiger partial charge in [-0.25, -0.2) is 0 Å². The molecule has 0 radical (unpaired) electrons. The zero-order valence-electron chi connectivity index (χ0n) is 17.3. The van der Waals surface area contributed by atoms with Crippen LogP contribution in [0.2, 0.25) is 0 Å². The predicted molar refractivity (Wildman–Crippen MR) is 114 cm³/mol. The normalized spacial score (nSPS) is 16.7. The number of fused-ring (bicyclic) bond motifs is 1. The molecule has 0 aliphatic carbocycles. The molecule has 1 saturated heterocycles. The molecule has 0 bridgehead atoms. The molecule has 2 amide bonds. The van der Waals surface area contributed by atoms with Crippen LogP contribution in [0.1, 0.15) is 37.2 Å². The fourth-order valence-electron chi connectivity index (χ4n) is 4.05. The Morgan fingerprint density at radius 1 is 1.23 bits per heavy atom. The first kappa shape index (κ1) is 20.2. The molecule has 4 rings (SSSR count). The molecule has 1 aliphatic rings. The molecule has 3 heterocycles. The number of rotatable bonds is 7. The van der Waals surface area contributed by atoms with Crippen LogP contribution in [-0.4, -0.2) is 39.6 Å². The molecule has 1 aromatic carbocycles. The summed E-state index contributed by atoms with van der Waals surface area (Å²) in [6.07, 6.45) is 5.21. The van der Waals surface area contributed by atoms with E-state index >= 15 is 0 Å². The zero-order chi connectivity index (χ0) is 20.9. The first-order valence-electron chi connectivity index (χ1n) is 10.6. The first-order valence-corrected chi connectivity index (χ1v) is 10.6. The van der Waals surface area contributed by atoms with Crippen molar-refractivity contribution in [3.63, 3.8) is 0 Å². The van der Waals surface area contributed by atoms with Crippen molar-refractivity contribution in [1.82, 2.24) is 20.0 Å². The number of nitrogens with one attached hydrogen (secondary N) is 1. The summed E-state index contributed by atoms with van der Waals surface area (Å²) in [4.78, 5) is 26.8. The average Bonchev–Trinajstić information content (AvgIpc) is 3.36. The standard InChI is InChI=1S/C23H28N4O3/c1-17-8-10-20(30-17)13-24-22(28)11-9-18-5-4-12-26(14-18)23(29)16-27-15-19-6-2-3-7-21(19)25-27/h2-3,6-8,10,15,18H,4-5,9,11-14,16H2,1H3,(H,24,28)/t18-/m1/s1. The van der Waals surface area contributed by atoms with Crippen molar-refractivity contribution in [2.24, 2.45) is 5.92 Å². The molecular weight excluding hydrogens is 380 g/mol. The summed E-state index contributed by atoms with van der Waals surface area (Å²) >= 11 is 0. The number of benzene rings is 1. The van der Waals surface area contributed by atoms with E-state index in [2.05, 4.69) is 10.4 Å². The van der Waals surface area contributed by atoms with Crippen LogP contribution in [0, 0.1) is 12.8 Å². The van der Waals surface area contributed by atoms with E-state index in [0.29, 0.717) is 25.4 Å². The summed E-state index contributed by atoms with van der Waals surface area (Å²) in [6, 6.07) is 11.6. The van der Waals surface area contributed by atoms with Gasteiger partial charge in [0.05, 0.1) is 12.1 Å². The molecule has 2 aromatic heterocycles. The maximum Gasteiger partial charge on any atom is 0.244 e. The summed E-state index contributed by atoms with van der Waals surface area (Å²) < 4.78 is 7.19. The Morgan fingerprint density at radius 3 is 2.90 bits per heavy atom. The van der Waals surface area contributed by atoms with Gasteiger partial charge in [0.2, 0.25) is 11.8 Å². The molecule has 3 aromatic rings. The fraction of sp³-hybridized carbons (Fsp3) is 0.435. The maximum absolute atomic E-state index is 12.8. The van der Waals surface area contributed by atoms with E-state index in [0.717, 1.165) is 48.2 Å². The molecule has 7 heteroatoms. The van der Waals surface area contributed by atoms with E-state index in [1.807, 2.05) is 54.4 Å². The highest BCUT2D eigenvalue weighted by Crippen LogP contribution is 2.21. The Labute approximate surface area is 176 Å². The van der Waals surface area contributed by atoms with E-state index in [1.54, 1.807) is 4.68 Å². The molecule has 1 N–H and O–H groups in total. The van der Waals surface area contributed by atoms with Gasteiger partial charge in [0, 0.05) is 31.1 Å². The third-order valence-electron chi connectivity index (χ3n) is 5.67. The number of furan rings is 1. The van der Waals surface area contributed by atoms with E-state index in [4.69, 9.17) is 4.42 Å². The number of aromatic nitrogens is 2. The number of amides is 2. The highest BCUT2D eigenvalue weighted by Gasteiger charge is 2.24. The summed E-state index contributed by atoms with van der Waals surface area (Å²) in [5.74, 6) is 2.08. The van der Waals surface area contributed by atoms with Gasteiger partial charge in [0.25, 0.3) is 0 Å². The van der Waals surface area contributed by atoms with Gasteiger partial charge in [-0.3, -0.25) is 14.3 Å². The number of carbonyl (C=O) groups excluding carboxylic acids is 2. The molecule has 0 saturated carbocycles. The minimum Gasteiger partial charge on any atom is -0.465 e. The molecular formula is C23H28N4O3. The molecule has 30 heavy (non-hydrogen) atoms. The van der Waals surface area contributed by atoms with Crippen LogP contribution in [0.15, 0.2) is 47.0 Å². The second-order valence-electron chi connectivity index (χ2n) is 8.06. The van der Waals surface area contributed by atoms with Gasteiger partial charge in [-0.15, -0.1) is 0 Å². The molecule has 0 unspecified atom stereocenters. The maximum atomic E-state index is 12.8. The van der Waals surface area contributed by atoms with E-state index < -0.39 is 0 Å². The average molecular weight is 409 g/mol. The Balaban J connectivity index is 1.23. The van der Waals surface area contributed by atoms with E-state index in [-0.39, 0.29) is 18.4 Å². The lowest BCUT2D eigenvalue weighted by molar-refractivity contribution is -0.133. The molecule has 0 spiro atoms. The van der Waals surface area contributed by atoms with E-state index in [9.17, 15) is 9.59 Å². The largest absolute Gasteiger partial charge is 0.465 e. The van der Waals surface area contributed by atoms with Gasteiger partial charge >= 0.3 is 0 Å². The van der Waals surface area contributed by atoms with Crippen molar-refractivity contribution >= 4 is 22.7 Å². The topological polar surface area (TPSA) is 80.4 Å². The number of likely N-dealkylation sites (tertiary alicyclic amines) is 1. The minimum absolute atomic E-state index is 0.0238. The van der Waals surface area contributed by atoms with Crippen molar-refractivity contribution < 1.29 is 14.0 Å². The number of nitrogens with zero attached hydrogens (tertiary/aromatic N) is 3. The van der Waals surface area contributed by atoms with Gasteiger partial charge in [-0.2, -0.15) is 5.10 Å². The summed E-state index contributed by atoms with van der Waals surface area (Å²) in [6.45, 7) is 4.05. The number of hydrogen-bond acceptors (Lipinski definition) is 4. The molecule has 1 aliphatic heterocycles. The third kappa shape index (κ3) is 5.09. The van der Waals surface area contributed by atoms with Crippen LogP contribution in [0.3, 0.4) is 0 Å². The first-order chi connectivity index (χ1) is 14.6. The lowest BCUT2D eigenvalue weighted by atomic mass is 9.93. The van der Waals surface area contributed by atoms with Crippen LogP contribution < -0.4 is 5.32 Å². The highest BCUT2D eigenvalue weighted by atomic mass is 16.3. The Kier molecular flexibility index (Phi) is 6.16. The van der Waals surface area contributed by atoms with Crippen LogP contribution in [0.4, 0.5) is 0 Å². The van der Waals surface area contributed by atoms with Crippen molar-refractivity contribution in [3.8, 4) is 0 Å². The summed E-state index contributed by atoms with van der Waals surface area (Å²) in [5.41, 5.74) is 0.901. The zero-order valence-corrected chi connectivity index (χ0v) is 17.3. The van der Waals surface area contributed by atoms with Crippen molar-refractivity contribution in [2.45, 2.75) is 45.7 Å².